The number of hydrogen-bond donors (Lipinski definition) is 2. The summed E-state index contributed by atoms with van der Waals surface area (Å²) in [6.07, 6.45) is 0. The minimum atomic E-state index is -0.533. The predicted octanol–water partition coefficient (Wildman–Crippen LogP) is -0.608. The van der Waals surface area contributed by atoms with E-state index in [0.717, 1.165) is 0 Å². The van der Waals surface area contributed by atoms with Gasteiger partial charge in [-0.2, -0.15) is 0 Å². The van der Waals surface area contributed by atoms with Crippen molar-refractivity contribution in [3.63, 3.8) is 0 Å². The van der Waals surface area contributed by atoms with Gasteiger partial charge < -0.3 is 19.9 Å². The van der Waals surface area contributed by atoms with E-state index in [4.69, 9.17) is 4.52 Å². The predicted molar refractivity (Wildman–Crippen MR) is 63.2 cm³/mol. The molecule has 0 radical (unpaired) electrons. The second-order valence-electron chi connectivity index (χ2n) is 3.59. The van der Waals surface area contributed by atoms with E-state index in [0.29, 0.717) is 5.76 Å². The fourth-order valence-electron chi connectivity index (χ4n) is 1.17. The van der Waals surface area contributed by atoms with Crippen LogP contribution >= 0.6 is 0 Å². The van der Waals surface area contributed by atoms with Gasteiger partial charge >= 0.3 is 5.97 Å². The van der Waals surface area contributed by atoms with E-state index in [1.54, 1.807) is 13.8 Å². The van der Waals surface area contributed by atoms with Crippen LogP contribution in [0.5, 0.6) is 0 Å². The second-order valence-corrected chi connectivity index (χ2v) is 3.59. The molecular formula is C11H15N3O5. The standard InChI is InChI=1S/C11H15N3O5/c1-3-18-10(16)6-12-9(15)5-13-11(17)8-4-7(2)19-14-8/h4H,3,5-6H2,1-2H3,(H,12,15)(H,13,17). The number of aromatic nitrogens is 1. The van der Waals surface area contributed by atoms with E-state index < -0.39 is 17.8 Å². The van der Waals surface area contributed by atoms with E-state index in [-0.39, 0.29) is 25.4 Å². The molecule has 0 atom stereocenters. The molecule has 0 aliphatic heterocycles. The van der Waals surface area contributed by atoms with Gasteiger partial charge in [0.25, 0.3) is 5.91 Å². The first-order valence-electron chi connectivity index (χ1n) is 5.66. The van der Waals surface area contributed by atoms with Crippen LogP contribution in [-0.2, 0) is 14.3 Å². The van der Waals surface area contributed by atoms with Gasteiger partial charge in [0.15, 0.2) is 5.69 Å². The SMILES string of the molecule is CCOC(=O)CNC(=O)CNC(=O)c1cc(C)on1. The van der Waals surface area contributed by atoms with Crippen LogP contribution in [-0.4, -0.2) is 42.6 Å². The minimum Gasteiger partial charge on any atom is -0.465 e. The van der Waals surface area contributed by atoms with Gasteiger partial charge in [0.1, 0.15) is 12.3 Å². The number of carbonyl (C=O) groups excluding carboxylic acids is 3. The van der Waals surface area contributed by atoms with Gasteiger partial charge in [-0.1, -0.05) is 5.16 Å². The summed E-state index contributed by atoms with van der Waals surface area (Å²) in [6, 6.07) is 1.45. The largest absolute Gasteiger partial charge is 0.465 e. The van der Waals surface area contributed by atoms with Crippen molar-refractivity contribution in [2.75, 3.05) is 19.7 Å². The third-order valence-corrected chi connectivity index (χ3v) is 2.01. The topological polar surface area (TPSA) is 111 Å². The van der Waals surface area contributed by atoms with E-state index >= 15 is 0 Å². The van der Waals surface area contributed by atoms with Gasteiger partial charge in [-0.15, -0.1) is 0 Å². The first-order valence-corrected chi connectivity index (χ1v) is 5.66. The number of amides is 2. The molecule has 0 spiro atoms. The third-order valence-electron chi connectivity index (χ3n) is 2.01. The molecule has 0 aromatic carbocycles. The lowest BCUT2D eigenvalue weighted by Crippen LogP contribution is -2.39. The summed E-state index contributed by atoms with van der Waals surface area (Å²) in [4.78, 5) is 33.8. The van der Waals surface area contributed by atoms with Crippen molar-refractivity contribution in [1.82, 2.24) is 15.8 Å². The van der Waals surface area contributed by atoms with Crippen LogP contribution in [0, 0.1) is 6.92 Å². The molecule has 2 N–H and O–H groups in total. The Morgan fingerprint density at radius 1 is 1.32 bits per heavy atom. The highest BCUT2D eigenvalue weighted by Gasteiger charge is 2.12. The fraction of sp³-hybridized carbons (Fsp3) is 0.455. The van der Waals surface area contributed by atoms with E-state index in [9.17, 15) is 14.4 Å². The van der Waals surface area contributed by atoms with Crippen LogP contribution in [0.3, 0.4) is 0 Å². The maximum absolute atomic E-state index is 11.5. The van der Waals surface area contributed by atoms with Crippen molar-refractivity contribution in [2.45, 2.75) is 13.8 Å². The molecule has 0 aliphatic rings. The summed E-state index contributed by atoms with van der Waals surface area (Å²) in [5.41, 5.74) is 0.0932. The summed E-state index contributed by atoms with van der Waals surface area (Å²) in [7, 11) is 0. The smallest absolute Gasteiger partial charge is 0.325 e. The Kier molecular flexibility index (Phi) is 5.52. The Balaban J connectivity index is 2.26. The van der Waals surface area contributed by atoms with Crippen LogP contribution in [0.4, 0.5) is 0 Å². The summed E-state index contributed by atoms with van der Waals surface area (Å²) in [6.45, 7) is 3.07. The highest BCUT2D eigenvalue weighted by atomic mass is 16.5. The number of carbonyl (C=O) groups is 3. The molecule has 104 valence electrons. The zero-order chi connectivity index (χ0) is 14.3. The highest BCUT2D eigenvalue weighted by Crippen LogP contribution is 2.00. The van der Waals surface area contributed by atoms with Gasteiger partial charge in [0, 0.05) is 6.07 Å². The minimum absolute atomic E-state index is 0.0932. The number of hydrogen-bond acceptors (Lipinski definition) is 6. The van der Waals surface area contributed by atoms with Gasteiger partial charge in [0.2, 0.25) is 5.91 Å². The van der Waals surface area contributed by atoms with Gasteiger partial charge in [0.05, 0.1) is 13.2 Å². The Morgan fingerprint density at radius 2 is 2.05 bits per heavy atom. The van der Waals surface area contributed by atoms with Gasteiger partial charge in [-0.3, -0.25) is 14.4 Å². The Bertz CT molecular complexity index is 469. The Morgan fingerprint density at radius 3 is 2.63 bits per heavy atom. The van der Waals surface area contributed by atoms with Crippen molar-refractivity contribution >= 4 is 17.8 Å². The van der Waals surface area contributed by atoms with E-state index in [1.165, 1.54) is 6.07 Å². The molecule has 19 heavy (non-hydrogen) atoms. The number of aryl methyl sites for hydroxylation is 1. The van der Waals surface area contributed by atoms with Crippen LogP contribution in [0.1, 0.15) is 23.2 Å². The molecule has 2 amide bonds. The summed E-state index contributed by atoms with van der Waals surface area (Å²) < 4.78 is 9.35. The monoisotopic (exact) mass is 269 g/mol. The Hall–Kier alpha value is -2.38. The van der Waals surface area contributed by atoms with Crippen molar-refractivity contribution in [1.29, 1.82) is 0 Å². The molecule has 0 aliphatic carbocycles. The molecule has 0 unspecified atom stereocenters. The molecule has 0 bridgehead atoms. The van der Waals surface area contributed by atoms with Crippen molar-refractivity contribution in [3.05, 3.63) is 17.5 Å². The van der Waals surface area contributed by atoms with Crippen molar-refractivity contribution in [2.24, 2.45) is 0 Å². The average molecular weight is 269 g/mol. The number of nitrogens with one attached hydrogen (secondary N) is 2. The molecule has 8 heteroatoms. The molecule has 1 rings (SSSR count). The molecule has 0 fully saturated rings. The summed E-state index contributed by atoms with van der Waals surface area (Å²) >= 11 is 0. The number of nitrogens with zero attached hydrogens (tertiary/aromatic N) is 1. The normalized spacial score (nSPS) is 9.79. The van der Waals surface area contributed by atoms with Crippen LogP contribution < -0.4 is 10.6 Å². The van der Waals surface area contributed by atoms with Crippen LogP contribution in [0.2, 0.25) is 0 Å². The molecule has 0 saturated carbocycles. The van der Waals surface area contributed by atoms with E-state index in [2.05, 4.69) is 20.5 Å². The average Bonchev–Trinajstić information content (AvgIpc) is 2.80. The van der Waals surface area contributed by atoms with Crippen molar-refractivity contribution < 1.29 is 23.6 Å². The maximum Gasteiger partial charge on any atom is 0.325 e. The fourth-order valence-corrected chi connectivity index (χ4v) is 1.17. The molecule has 0 saturated heterocycles. The lowest BCUT2D eigenvalue weighted by molar-refractivity contribution is -0.143. The quantitative estimate of drug-likeness (QED) is 0.667. The lowest BCUT2D eigenvalue weighted by Gasteiger charge is -2.05. The highest BCUT2D eigenvalue weighted by molar-refractivity contribution is 5.95. The molecule has 8 nitrogen and oxygen atoms in total. The van der Waals surface area contributed by atoms with Gasteiger partial charge in [-0.25, -0.2) is 0 Å². The Labute approximate surface area is 109 Å². The molecule has 1 heterocycles. The van der Waals surface area contributed by atoms with Crippen LogP contribution in [0.15, 0.2) is 10.6 Å². The summed E-state index contributed by atoms with van der Waals surface area (Å²) in [5.74, 6) is -1.06. The molecular weight excluding hydrogens is 254 g/mol. The zero-order valence-electron chi connectivity index (χ0n) is 10.7. The number of rotatable bonds is 6. The van der Waals surface area contributed by atoms with Crippen molar-refractivity contribution in [3.8, 4) is 0 Å². The lowest BCUT2D eigenvalue weighted by atomic mass is 10.3. The first-order chi connectivity index (χ1) is 9.02. The number of esters is 1. The molecule has 1 aromatic rings. The second kappa shape index (κ2) is 7.14. The third kappa shape index (κ3) is 5.19. The van der Waals surface area contributed by atoms with Crippen LogP contribution in [0.25, 0.3) is 0 Å². The first kappa shape index (κ1) is 14.7. The van der Waals surface area contributed by atoms with E-state index in [1.807, 2.05) is 0 Å². The molecule has 1 aromatic heterocycles. The van der Waals surface area contributed by atoms with Gasteiger partial charge in [-0.05, 0) is 13.8 Å². The summed E-state index contributed by atoms with van der Waals surface area (Å²) in [5, 5.41) is 8.15. The zero-order valence-corrected chi connectivity index (χ0v) is 10.7. The maximum atomic E-state index is 11.5. The number of ether oxygens (including phenoxy) is 1.